The third-order valence-electron chi connectivity index (χ3n) is 3.86. The zero-order valence-electron chi connectivity index (χ0n) is 11.6. The summed E-state index contributed by atoms with van der Waals surface area (Å²) in [4.78, 5) is 26.4. The molecule has 0 bridgehead atoms. The first-order chi connectivity index (χ1) is 10.1. The van der Waals surface area contributed by atoms with Gasteiger partial charge in [-0.2, -0.15) is 0 Å². The van der Waals surface area contributed by atoms with E-state index in [1.807, 2.05) is 22.4 Å². The molecule has 2 atom stereocenters. The summed E-state index contributed by atoms with van der Waals surface area (Å²) < 4.78 is 0. The summed E-state index contributed by atoms with van der Waals surface area (Å²) in [6, 6.07) is 4.08. The lowest BCUT2D eigenvalue weighted by Crippen LogP contribution is -2.44. The largest absolute Gasteiger partial charge is 0.481 e. The second-order valence-corrected chi connectivity index (χ2v) is 6.59. The Balaban J connectivity index is 1.58. The number of thiophene rings is 1. The fraction of sp³-hybridized carbons (Fsp3) is 0.467. The van der Waals surface area contributed by atoms with Gasteiger partial charge in [0, 0.05) is 10.9 Å². The highest BCUT2D eigenvalue weighted by Gasteiger charge is 2.34. The second kappa shape index (κ2) is 5.89. The van der Waals surface area contributed by atoms with Crippen molar-refractivity contribution in [1.82, 2.24) is 10.2 Å². The van der Waals surface area contributed by atoms with Crippen molar-refractivity contribution in [3.05, 3.63) is 34.5 Å². The quantitative estimate of drug-likeness (QED) is 0.821. The van der Waals surface area contributed by atoms with Gasteiger partial charge < -0.3 is 15.3 Å². The molecule has 2 aliphatic rings. The number of hydrogen-bond acceptors (Lipinski definition) is 3. The van der Waals surface area contributed by atoms with Gasteiger partial charge in [0.05, 0.1) is 18.5 Å². The molecule has 1 saturated carbocycles. The number of rotatable bonds is 5. The van der Waals surface area contributed by atoms with Crippen LogP contribution in [0.5, 0.6) is 0 Å². The van der Waals surface area contributed by atoms with Crippen LogP contribution in [-0.4, -0.2) is 34.1 Å². The topological polar surface area (TPSA) is 69.6 Å². The lowest BCUT2D eigenvalue weighted by Gasteiger charge is -2.24. The van der Waals surface area contributed by atoms with Crippen molar-refractivity contribution in [2.75, 3.05) is 0 Å². The molecule has 0 spiro atoms. The number of hydrogen-bond donors (Lipinski definition) is 2. The summed E-state index contributed by atoms with van der Waals surface area (Å²) in [5.74, 6) is -1.32. The van der Waals surface area contributed by atoms with E-state index in [1.54, 1.807) is 23.5 Å². The van der Waals surface area contributed by atoms with Gasteiger partial charge in [-0.3, -0.25) is 4.79 Å². The molecule has 1 aromatic rings. The standard InChI is InChI=1S/C15H18N2O3S/c18-14(19)10-3-4-11(8-10)16-15(20)17(12-5-6-12)9-13-2-1-7-21-13/h1-4,7,10-12H,5-6,8-9H2,(H,16,20)(H,18,19). The van der Waals surface area contributed by atoms with E-state index < -0.39 is 11.9 Å². The fourth-order valence-electron chi connectivity index (χ4n) is 2.55. The van der Waals surface area contributed by atoms with Gasteiger partial charge in [-0.05, 0) is 30.7 Å². The minimum absolute atomic E-state index is 0.0911. The molecule has 2 aliphatic carbocycles. The SMILES string of the molecule is O=C(O)C1C=CC(NC(=O)N(Cc2cccs2)C2CC2)C1. The number of carbonyl (C=O) groups is 2. The van der Waals surface area contributed by atoms with Crippen molar-refractivity contribution in [3.8, 4) is 0 Å². The summed E-state index contributed by atoms with van der Waals surface area (Å²) in [5, 5.41) is 13.9. The second-order valence-electron chi connectivity index (χ2n) is 5.56. The lowest BCUT2D eigenvalue weighted by atomic mass is 10.1. The minimum Gasteiger partial charge on any atom is -0.481 e. The smallest absolute Gasteiger partial charge is 0.318 e. The predicted octanol–water partition coefficient (Wildman–Crippen LogP) is 2.45. The third kappa shape index (κ3) is 3.44. The summed E-state index contributed by atoms with van der Waals surface area (Å²) in [6.45, 7) is 0.632. The van der Waals surface area contributed by atoms with Crippen LogP contribution >= 0.6 is 11.3 Å². The predicted molar refractivity (Wildman–Crippen MR) is 80.1 cm³/mol. The van der Waals surface area contributed by atoms with Crippen molar-refractivity contribution in [3.63, 3.8) is 0 Å². The van der Waals surface area contributed by atoms with E-state index in [4.69, 9.17) is 5.11 Å². The first-order valence-electron chi connectivity index (χ1n) is 7.14. The van der Waals surface area contributed by atoms with Gasteiger partial charge in [0.2, 0.25) is 0 Å². The maximum absolute atomic E-state index is 12.4. The van der Waals surface area contributed by atoms with E-state index in [2.05, 4.69) is 5.32 Å². The van der Waals surface area contributed by atoms with Gasteiger partial charge in [0.1, 0.15) is 0 Å². The van der Waals surface area contributed by atoms with Crippen LogP contribution in [0.4, 0.5) is 4.79 Å². The van der Waals surface area contributed by atoms with E-state index >= 15 is 0 Å². The van der Waals surface area contributed by atoms with Crippen LogP contribution in [0.1, 0.15) is 24.1 Å². The van der Waals surface area contributed by atoms with Crippen LogP contribution in [0.3, 0.4) is 0 Å². The number of amides is 2. The van der Waals surface area contributed by atoms with Crippen molar-refractivity contribution in [2.24, 2.45) is 5.92 Å². The fourth-order valence-corrected chi connectivity index (χ4v) is 3.26. The van der Waals surface area contributed by atoms with Crippen LogP contribution in [-0.2, 0) is 11.3 Å². The van der Waals surface area contributed by atoms with E-state index in [0.29, 0.717) is 19.0 Å². The molecule has 3 rings (SSSR count). The van der Waals surface area contributed by atoms with Crippen LogP contribution in [0.15, 0.2) is 29.7 Å². The first kappa shape index (κ1) is 14.1. The van der Waals surface area contributed by atoms with Crippen molar-refractivity contribution in [1.29, 1.82) is 0 Å². The van der Waals surface area contributed by atoms with Crippen molar-refractivity contribution < 1.29 is 14.7 Å². The van der Waals surface area contributed by atoms with Gasteiger partial charge in [0.15, 0.2) is 0 Å². The van der Waals surface area contributed by atoms with Crippen LogP contribution < -0.4 is 5.32 Å². The number of nitrogens with one attached hydrogen (secondary N) is 1. The van der Waals surface area contributed by atoms with Crippen LogP contribution in [0.25, 0.3) is 0 Å². The summed E-state index contributed by atoms with van der Waals surface area (Å²) >= 11 is 1.65. The third-order valence-corrected chi connectivity index (χ3v) is 4.73. The molecule has 2 N–H and O–H groups in total. The molecular weight excluding hydrogens is 288 g/mol. The van der Waals surface area contributed by atoms with Gasteiger partial charge in [-0.1, -0.05) is 18.2 Å². The number of urea groups is 1. The molecule has 1 fully saturated rings. The zero-order chi connectivity index (χ0) is 14.8. The highest BCUT2D eigenvalue weighted by atomic mass is 32.1. The molecule has 0 aliphatic heterocycles. The molecule has 0 radical (unpaired) electrons. The Morgan fingerprint density at radius 1 is 1.38 bits per heavy atom. The number of carbonyl (C=O) groups excluding carboxylic acids is 1. The number of aliphatic carboxylic acids is 1. The molecule has 1 aromatic heterocycles. The molecule has 6 heteroatoms. The molecular formula is C15H18N2O3S. The Kier molecular flexibility index (Phi) is 3.96. The molecule has 1 heterocycles. The van der Waals surface area contributed by atoms with Crippen LogP contribution in [0.2, 0.25) is 0 Å². The number of carboxylic acid groups (broad SMARTS) is 1. The molecule has 5 nitrogen and oxygen atoms in total. The van der Waals surface area contributed by atoms with E-state index in [9.17, 15) is 9.59 Å². The molecule has 0 aromatic carbocycles. The minimum atomic E-state index is -0.833. The monoisotopic (exact) mass is 306 g/mol. The van der Waals surface area contributed by atoms with Crippen LogP contribution in [0, 0.1) is 5.92 Å². The highest BCUT2D eigenvalue weighted by Crippen LogP contribution is 2.29. The lowest BCUT2D eigenvalue weighted by molar-refractivity contribution is -0.140. The Bertz CT molecular complexity index is 551. The molecule has 112 valence electrons. The average Bonchev–Trinajstić information content (AvgIpc) is 2.97. The Labute approximate surface area is 127 Å². The Morgan fingerprint density at radius 3 is 2.76 bits per heavy atom. The highest BCUT2D eigenvalue weighted by molar-refractivity contribution is 7.09. The Morgan fingerprint density at radius 2 is 2.19 bits per heavy atom. The summed E-state index contributed by atoms with van der Waals surface area (Å²) in [5.41, 5.74) is 0. The van der Waals surface area contributed by atoms with Gasteiger partial charge in [-0.25, -0.2) is 4.79 Å². The number of carboxylic acids is 1. The van der Waals surface area contributed by atoms with Crippen molar-refractivity contribution in [2.45, 2.75) is 37.9 Å². The van der Waals surface area contributed by atoms with E-state index in [1.165, 1.54) is 4.88 Å². The van der Waals surface area contributed by atoms with Gasteiger partial charge in [-0.15, -0.1) is 11.3 Å². The molecule has 2 amide bonds. The molecule has 2 unspecified atom stereocenters. The summed E-state index contributed by atoms with van der Waals surface area (Å²) in [7, 11) is 0. The van der Waals surface area contributed by atoms with E-state index in [-0.39, 0.29) is 12.1 Å². The Hall–Kier alpha value is -1.82. The van der Waals surface area contributed by atoms with Gasteiger partial charge >= 0.3 is 12.0 Å². The summed E-state index contributed by atoms with van der Waals surface area (Å²) in [6.07, 6.45) is 5.99. The normalized spacial score (nSPS) is 24.0. The maximum atomic E-state index is 12.4. The zero-order valence-corrected chi connectivity index (χ0v) is 12.4. The molecule has 0 saturated heterocycles. The first-order valence-corrected chi connectivity index (χ1v) is 8.02. The van der Waals surface area contributed by atoms with E-state index in [0.717, 1.165) is 12.8 Å². The molecule has 21 heavy (non-hydrogen) atoms. The van der Waals surface area contributed by atoms with Crippen molar-refractivity contribution >= 4 is 23.3 Å². The maximum Gasteiger partial charge on any atom is 0.318 e. The number of nitrogens with zero attached hydrogens (tertiary/aromatic N) is 1. The average molecular weight is 306 g/mol. The van der Waals surface area contributed by atoms with Gasteiger partial charge in [0.25, 0.3) is 0 Å².